The third kappa shape index (κ3) is 3.34. The van der Waals surface area contributed by atoms with E-state index in [1.54, 1.807) is 0 Å². The van der Waals surface area contributed by atoms with Crippen LogP contribution in [0.15, 0.2) is 42.5 Å². The Kier molecular flexibility index (Phi) is 4.23. The standard InChI is InChI=1S/C21H25N3O2/c1-21(2)12-15-7-5-8-16(19(15)26-21)13-23-18-9-4-3-6-17(18)14-24-11-10-22-20(24)25/h3-9,23H,10-14H2,1-2H3,(H,22,25). The molecule has 1 saturated heterocycles. The Balaban J connectivity index is 1.50. The van der Waals surface area contributed by atoms with Crippen molar-refractivity contribution in [1.29, 1.82) is 0 Å². The molecule has 2 aromatic rings. The summed E-state index contributed by atoms with van der Waals surface area (Å²) in [5, 5.41) is 6.39. The predicted octanol–water partition coefficient (Wildman–Crippen LogP) is 3.54. The second-order valence-corrected chi connectivity index (χ2v) is 7.61. The van der Waals surface area contributed by atoms with Gasteiger partial charge in [0.2, 0.25) is 0 Å². The molecule has 4 rings (SSSR count). The molecule has 0 bridgehead atoms. The van der Waals surface area contributed by atoms with Gasteiger partial charge in [-0.3, -0.25) is 0 Å². The normalized spacial score (nSPS) is 17.6. The average Bonchev–Trinajstić information content (AvgIpc) is 3.15. The third-order valence-corrected chi connectivity index (χ3v) is 4.97. The first-order valence-corrected chi connectivity index (χ1v) is 9.16. The summed E-state index contributed by atoms with van der Waals surface area (Å²) >= 11 is 0. The first-order valence-electron chi connectivity index (χ1n) is 9.16. The van der Waals surface area contributed by atoms with E-state index in [2.05, 4.69) is 54.8 Å². The molecule has 0 aliphatic carbocycles. The summed E-state index contributed by atoms with van der Waals surface area (Å²) in [6.45, 7) is 7.04. The molecule has 5 heteroatoms. The van der Waals surface area contributed by atoms with Gasteiger partial charge in [0.05, 0.1) is 0 Å². The van der Waals surface area contributed by atoms with Gasteiger partial charge in [-0.2, -0.15) is 0 Å². The van der Waals surface area contributed by atoms with Crippen molar-refractivity contribution in [2.45, 2.75) is 39.0 Å². The zero-order valence-electron chi connectivity index (χ0n) is 15.3. The Hall–Kier alpha value is -2.69. The molecular weight excluding hydrogens is 326 g/mol. The number of hydrogen-bond donors (Lipinski definition) is 2. The van der Waals surface area contributed by atoms with Gasteiger partial charge in [-0.15, -0.1) is 0 Å². The van der Waals surface area contributed by atoms with Gasteiger partial charge < -0.3 is 20.3 Å². The van der Waals surface area contributed by atoms with Crippen LogP contribution in [0, 0.1) is 0 Å². The first kappa shape index (κ1) is 16.8. The van der Waals surface area contributed by atoms with Crippen molar-refractivity contribution >= 4 is 11.7 Å². The minimum atomic E-state index is -0.139. The summed E-state index contributed by atoms with van der Waals surface area (Å²) in [5.41, 5.74) is 4.48. The van der Waals surface area contributed by atoms with E-state index in [0.717, 1.165) is 36.5 Å². The van der Waals surface area contributed by atoms with Crippen molar-refractivity contribution < 1.29 is 9.53 Å². The molecule has 2 aliphatic rings. The van der Waals surface area contributed by atoms with Crippen molar-refractivity contribution in [3.63, 3.8) is 0 Å². The van der Waals surface area contributed by atoms with Crippen LogP contribution in [0.2, 0.25) is 0 Å². The van der Waals surface area contributed by atoms with Crippen LogP contribution in [0.4, 0.5) is 10.5 Å². The molecule has 1 fully saturated rings. The fraction of sp³-hybridized carbons (Fsp3) is 0.381. The van der Waals surface area contributed by atoms with Crippen LogP contribution in [-0.4, -0.2) is 29.6 Å². The largest absolute Gasteiger partial charge is 0.487 e. The second kappa shape index (κ2) is 6.56. The van der Waals surface area contributed by atoms with Gasteiger partial charge in [0.25, 0.3) is 0 Å². The maximum absolute atomic E-state index is 11.8. The number of carbonyl (C=O) groups excluding carboxylic acids is 1. The van der Waals surface area contributed by atoms with Crippen LogP contribution in [0.5, 0.6) is 5.75 Å². The lowest BCUT2D eigenvalue weighted by Gasteiger charge is -2.20. The Morgan fingerprint density at radius 2 is 1.96 bits per heavy atom. The Morgan fingerprint density at radius 1 is 1.15 bits per heavy atom. The van der Waals surface area contributed by atoms with Crippen LogP contribution >= 0.6 is 0 Å². The maximum atomic E-state index is 11.8. The van der Waals surface area contributed by atoms with E-state index in [0.29, 0.717) is 13.1 Å². The molecule has 136 valence electrons. The summed E-state index contributed by atoms with van der Waals surface area (Å²) < 4.78 is 6.16. The van der Waals surface area contributed by atoms with E-state index in [4.69, 9.17) is 4.74 Å². The lowest BCUT2D eigenvalue weighted by Crippen LogP contribution is -2.27. The van der Waals surface area contributed by atoms with Gasteiger partial charge in [-0.1, -0.05) is 36.4 Å². The molecule has 2 amide bonds. The Bertz CT molecular complexity index is 832. The number of benzene rings is 2. The smallest absolute Gasteiger partial charge is 0.317 e. The van der Waals surface area contributed by atoms with Gasteiger partial charge in [0.15, 0.2) is 0 Å². The van der Waals surface area contributed by atoms with E-state index in [1.807, 2.05) is 17.0 Å². The summed E-state index contributed by atoms with van der Waals surface area (Å²) in [5.74, 6) is 1.02. The van der Waals surface area contributed by atoms with Crippen molar-refractivity contribution in [3.05, 3.63) is 59.2 Å². The van der Waals surface area contributed by atoms with Gasteiger partial charge in [-0.25, -0.2) is 4.79 Å². The zero-order chi connectivity index (χ0) is 18.1. The van der Waals surface area contributed by atoms with E-state index in [1.165, 1.54) is 11.1 Å². The van der Waals surface area contributed by atoms with E-state index >= 15 is 0 Å². The molecule has 0 unspecified atom stereocenters. The average molecular weight is 351 g/mol. The van der Waals surface area contributed by atoms with E-state index < -0.39 is 0 Å². The summed E-state index contributed by atoms with van der Waals surface area (Å²) in [6, 6.07) is 14.5. The minimum Gasteiger partial charge on any atom is -0.487 e. The fourth-order valence-corrected chi connectivity index (χ4v) is 3.71. The van der Waals surface area contributed by atoms with Gasteiger partial charge in [-0.05, 0) is 31.0 Å². The monoisotopic (exact) mass is 351 g/mol. The lowest BCUT2D eigenvalue weighted by atomic mass is 10.0. The topological polar surface area (TPSA) is 53.6 Å². The number of urea groups is 1. The van der Waals surface area contributed by atoms with Crippen LogP contribution < -0.4 is 15.4 Å². The number of nitrogens with one attached hydrogen (secondary N) is 2. The van der Waals surface area contributed by atoms with Gasteiger partial charge in [0, 0.05) is 43.9 Å². The van der Waals surface area contributed by atoms with Crippen LogP contribution in [0.1, 0.15) is 30.5 Å². The minimum absolute atomic E-state index is 0.0105. The highest BCUT2D eigenvalue weighted by Gasteiger charge is 2.31. The SMILES string of the molecule is CC1(C)Cc2cccc(CNc3ccccc3CN3CCNC3=O)c2O1. The Labute approximate surface area is 154 Å². The van der Waals surface area contributed by atoms with Crippen LogP contribution in [-0.2, 0) is 19.5 Å². The van der Waals surface area contributed by atoms with Gasteiger partial charge >= 0.3 is 6.03 Å². The van der Waals surface area contributed by atoms with Crippen molar-refractivity contribution in [3.8, 4) is 5.75 Å². The van der Waals surface area contributed by atoms with E-state index in [-0.39, 0.29) is 11.6 Å². The van der Waals surface area contributed by atoms with Crippen molar-refractivity contribution in [2.24, 2.45) is 0 Å². The number of hydrogen-bond acceptors (Lipinski definition) is 3. The Morgan fingerprint density at radius 3 is 2.77 bits per heavy atom. The number of amides is 2. The highest BCUT2D eigenvalue weighted by Crippen LogP contribution is 2.37. The van der Waals surface area contributed by atoms with Crippen LogP contribution in [0.3, 0.4) is 0 Å². The van der Waals surface area contributed by atoms with E-state index in [9.17, 15) is 4.79 Å². The molecule has 5 nitrogen and oxygen atoms in total. The highest BCUT2D eigenvalue weighted by molar-refractivity contribution is 5.76. The molecule has 26 heavy (non-hydrogen) atoms. The number of rotatable bonds is 5. The first-order chi connectivity index (χ1) is 12.5. The number of nitrogens with zero attached hydrogens (tertiary/aromatic N) is 1. The summed E-state index contributed by atoms with van der Waals surface area (Å²) in [4.78, 5) is 13.7. The molecule has 2 heterocycles. The third-order valence-electron chi connectivity index (χ3n) is 4.97. The highest BCUT2D eigenvalue weighted by atomic mass is 16.5. The lowest BCUT2D eigenvalue weighted by molar-refractivity contribution is 0.137. The second-order valence-electron chi connectivity index (χ2n) is 7.61. The molecule has 0 saturated carbocycles. The summed E-state index contributed by atoms with van der Waals surface area (Å²) in [7, 11) is 0. The number of anilines is 1. The van der Waals surface area contributed by atoms with Crippen LogP contribution in [0.25, 0.3) is 0 Å². The number of carbonyl (C=O) groups is 1. The molecule has 0 radical (unpaired) electrons. The maximum Gasteiger partial charge on any atom is 0.317 e. The molecule has 2 N–H and O–H groups in total. The van der Waals surface area contributed by atoms with Crippen molar-refractivity contribution in [1.82, 2.24) is 10.2 Å². The molecule has 2 aliphatic heterocycles. The fourth-order valence-electron chi connectivity index (χ4n) is 3.71. The molecule has 2 aromatic carbocycles. The molecule has 0 atom stereocenters. The molecule has 0 aromatic heterocycles. The quantitative estimate of drug-likeness (QED) is 0.866. The number of para-hydroxylation sites is 2. The number of ether oxygens (including phenoxy) is 1. The van der Waals surface area contributed by atoms with Gasteiger partial charge in [0.1, 0.15) is 11.4 Å². The predicted molar refractivity (Wildman–Crippen MR) is 102 cm³/mol. The molecule has 0 spiro atoms. The summed E-state index contributed by atoms with van der Waals surface area (Å²) in [6.07, 6.45) is 0.941. The zero-order valence-corrected chi connectivity index (χ0v) is 15.3. The number of fused-ring (bicyclic) bond motifs is 1. The van der Waals surface area contributed by atoms with Crippen molar-refractivity contribution in [2.75, 3.05) is 18.4 Å². The molecular formula is C21H25N3O2.